The summed E-state index contributed by atoms with van der Waals surface area (Å²) in [6, 6.07) is 7.36. The second kappa shape index (κ2) is 7.41. The summed E-state index contributed by atoms with van der Waals surface area (Å²) in [5.74, 6) is 0.646. The molecule has 0 radical (unpaired) electrons. The zero-order valence-corrected chi connectivity index (χ0v) is 14.4. The van der Waals surface area contributed by atoms with Crippen molar-refractivity contribution in [3.8, 4) is 0 Å². The Morgan fingerprint density at radius 2 is 1.84 bits per heavy atom. The van der Waals surface area contributed by atoms with Gasteiger partial charge in [0.25, 0.3) is 0 Å². The number of nitrogens with zero attached hydrogens (tertiary/aromatic N) is 1. The van der Waals surface area contributed by atoms with Crippen molar-refractivity contribution < 1.29 is 0 Å². The molecule has 0 heterocycles. The van der Waals surface area contributed by atoms with E-state index in [1.807, 2.05) is 0 Å². The molecular weight excluding hydrogens is 300 g/mol. The van der Waals surface area contributed by atoms with E-state index in [2.05, 4.69) is 73.6 Å². The van der Waals surface area contributed by atoms with Crippen LogP contribution in [0.2, 0.25) is 0 Å². The lowest BCUT2D eigenvalue weighted by atomic mass is 10.0. The lowest BCUT2D eigenvalue weighted by Gasteiger charge is -2.36. The van der Waals surface area contributed by atoms with Crippen molar-refractivity contribution in [2.24, 2.45) is 11.7 Å². The van der Waals surface area contributed by atoms with Crippen LogP contribution in [0, 0.1) is 12.8 Å². The summed E-state index contributed by atoms with van der Waals surface area (Å²) in [6.07, 6.45) is 0. The molecular formula is C16H27BrN2. The second-order valence-corrected chi connectivity index (χ2v) is 6.80. The Morgan fingerprint density at radius 1 is 1.21 bits per heavy atom. The number of halogens is 1. The van der Waals surface area contributed by atoms with Crippen LogP contribution < -0.4 is 5.73 Å². The molecule has 0 spiro atoms. The maximum atomic E-state index is 6.05. The van der Waals surface area contributed by atoms with Gasteiger partial charge in [-0.05, 0) is 43.9 Å². The van der Waals surface area contributed by atoms with Gasteiger partial charge in [-0.15, -0.1) is 0 Å². The van der Waals surface area contributed by atoms with Crippen molar-refractivity contribution >= 4 is 15.9 Å². The van der Waals surface area contributed by atoms with Gasteiger partial charge in [0.1, 0.15) is 0 Å². The van der Waals surface area contributed by atoms with Crippen LogP contribution in [0.25, 0.3) is 0 Å². The van der Waals surface area contributed by atoms with Gasteiger partial charge in [0, 0.05) is 29.6 Å². The molecule has 1 aromatic rings. The molecule has 0 saturated heterocycles. The molecule has 0 aromatic heterocycles. The maximum Gasteiger partial charge on any atom is 0.0473 e. The first-order valence-corrected chi connectivity index (χ1v) is 7.88. The van der Waals surface area contributed by atoms with Gasteiger partial charge in [0.05, 0.1) is 0 Å². The van der Waals surface area contributed by atoms with E-state index in [4.69, 9.17) is 5.73 Å². The standard InChI is InChI=1S/C16H27BrN2/c1-11(2)10-19(12(3)4)16(9-18)14-6-7-15(17)13(5)8-14/h6-8,11-12,16H,9-10,18H2,1-5H3. The average Bonchev–Trinajstić information content (AvgIpc) is 2.32. The van der Waals surface area contributed by atoms with Gasteiger partial charge in [0.15, 0.2) is 0 Å². The predicted octanol–water partition coefficient (Wildman–Crippen LogP) is 4.12. The fourth-order valence-corrected chi connectivity index (χ4v) is 2.70. The Hall–Kier alpha value is -0.380. The van der Waals surface area contributed by atoms with Crippen LogP contribution in [-0.4, -0.2) is 24.0 Å². The van der Waals surface area contributed by atoms with E-state index in [0.717, 1.165) is 11.0 Å². The van der Waals surface area contributed by atoms with Crippen LogP contribution in [-0.2, 0) is 0 Å². The predicted molar refractivity (Wildman–Crippen MR) is 87.4 cm³/mol. The van der Waals surface area contributed by atoms with E-state index in [9.17, 15) is 0 Å². The van der Waals surface area contributed by atoms with E-state index < -0.39 is 0 Å². The quantitative estimate of drug-likeness (QED) is 0.851. The van der Waals surface area contributed by atoms with Crippen LogP contribution >= 0.6 is 15.9 Å². The minimum absolute atomic E-state index is 0.300. The molecule has 3 heteroatoms. The van der Waals surface area contributed by atoms with E-state index >= 15 is 0 Å². The van der Waals surface area contributed by atoms with E-state index in [0.29, 0.717) is 24.5 Å². The molecule has 1 unspecified atom stereocenters. The molecule has 1 atom stereocenters. The van der Waals surface area contributed by atoms with Gasteiger partial charge in [-0.25, -0.2) is 0 Å². The molecule has 108 valence electrons. The third-order valence-corrected chi connectivity index (χ3v) is 4.32. The minimum Gasteiger partial charge on any atom is -0.329 e. The average molecular weight is 327 g/mol. The number of nitrogens with two attached hydrogens (primary N) is 1. The van der Waals surface area contributed by atoms with Crippen molar-refractivity contribution in [3.63, 3.8) is 0 Å². The molecule has 0 saturated carbocycles. The summed E-state index contributed by atoms with van der Waals surface area (Å²) >= 11 is 3.56. The maximum absolute atomic E-state index is 6.05. The van der Waals surface area contributed by atoms with Gasteiger partial charge in [-0.3, -0.25) is 4.90 Å². The molecule has 0 bridgehead atoms. The van der Waals surface area contributed by atoms with Crippen LogP contribution in [0.3, 0.4) is 0 Å². The Kier molecular flexibility index (Phi) is 6.51. The number of aryl methyl sites for hydroxylation is 1. The van der Waals surface area contributed by atoms with E-state index in [1.54, 1.807) is 0 Å². The minimum atomic E-state index is 0.300. The van der Waals surface area contributed by atoms with Crippen LogP contribution in [0.15, 0.2) is 22.7 Å². The van der Waals surface area contributed by atoms with Crippen molar-refractivity contribution in [1.82, 2.24) is 4.90 Å². The molecule has 19 heavy (non-hydrogen) atoms. The van der Waals surface area contributed by atoms with Crippen LogP contribution in [0.5, 0.6) is 0 Å². The zero-order chi connectivity index (χ0) is 14.6. The Balaban J connectivity index is 3.04. The third kappa shape index (κ3) is 4.59. The topological polar surface area (TPSA) is 29.3 Å². The smallest absolute Gasteiger partial charge is 0.0473 e. The molecule has 2 nitrogen and oxygen atoms in total. The monoisotopic (exact) mass is 326 g/mol. The van der Waals surface area contributed by atoms with Crippen molar-refractivity contribution in [1.29, 1.82) is 0 Å². The Labute approximate surface area is 126 Å². The highest BCUT2D eigenvalue weighted by Crippen LogP contribution is 2.26. The molecule has 2 N–H and O–H groups in total. The largest absolute Gasteiger partial charge is 0.329 e. The summed E-state index contributed by atoms with van der Waals surface area (Å²) < 4.78 is 1.16. The highest BCUT2D eigenvalue weighted by atomic mass is 79.9. The van der Waals surface area contributed by atoms with Crippen LogP contribution in [0.4, 0.5) is 0 Å². The summed E-state index contributed by atoms with van der Waals surface area (Å²) in [4.78, 5) is 2.51. The van der Waals surface area contributed by atoms with Crippen LogP contribution in [0.1, 0.15) is 44.9 Å². The fraction of sp³-hybridized carbons (Fsp3) is 0.625. The van der Waals surface area contributed by atoms with Gasteiger partial charge in [-0.2, -0.15) is 0 Å². The highest BCUT2D eigenvalue weighted by Gasteiger charge is 2.22. The van der Waals surface area contributed by atoms with Gasteiger partial charge in [-0.1, -0.05) is 41.9 Å². The molecule has 0 aliphatic carbocycles. The number of hydrogen-bond acceptors (Lipinski definition) is 2. The molecule has 1 rings (SSSR count). The fourth-order valence-electron chi connectivity index (χ4n) is 2.46. The molecule has 0 fully saturated rings. The molecule has 0 amide bonds. The number of rotatable bonds is 6. The molecule has 0 aliphatic rings. The zero-order valence-electron chi connectivity index (χ0n) is 12.8. The van der Waals surface area contributed by atoms with E-state index in [1.165, 1.54) is 11.1 Å². The highest BCUT2D eigenvalue weighted by molar-refractivity contribution is 9.10. The lowest BCUT2D eigenvalue weighted by molar-refractivity contribution is 0.138. The van der Waals surface area contributed by atoms with Crippen molar-refractivity contribution in [3.05, 3.63) is 33.8 Å². The first-order valence-electron chi connectivity index (χ1n) is 7.08. The summed E-state index contributed by atoms with van der Waals surface area (Å²) in [5.41, 5.74) is 8.64. The van der Waals surface area contributed by atoms with Crippen molar-refractivity contribution in [2.75, 3.05) is 13.1 Å². The second-order valence-electron chi connectivity index (χ2n) is 5.94. The molecule has 0 aliphatic heterocycles. The lowest BCUT2D eigenvalue weighted by Crippen LogP contribution is -2.40. The first-order chi connectivity index (χ1) is 8.86. The van der Waals surface area contributed by atoms with Gasteiger partial charge in [0.2, 0.25) is 0 Å². The summed E-state index contributed by atoms with van der Waals surface area (Å²) in [6.45, 7) is 12.9. The third-order valence-electron chi connectivity index (χ3n) is 3.43. The summed E-state index contributed by atoms with van der Waals surface area (Å²) in [7, 11) is 0. The number of hydrogen-bond donors (Lipinski definition) is 1. The Bertz CT molecular complexity index is 402. The number of benzene rings is 1. The first kappa shape index (κ1) is 16.7. The van der Waals surface area contributed by atoms with Gasteiger partial charge < -0.3 is 5.73 Å². The van der Waals surface area contributed by atoms with E-state index in [-0.39, 0.29) is 0 Å². The summed E-state index contributed by atoms with van der Waals surface area (Å²) in [5, 5.41) is 0. The molecule has 1 aromatic carbocycles. The normalized spacial score (nSPS) is 13.6. The SMILES string of the molecule is Cc1cc(C(CN)N(CC(C)C)C(C)C)ccc1Br. The Morgan fingerprint density at radius 3 is 2.26 bits per heavy atom. The van der Waals surface area contributed by atoms with Crippen molar-refractivity contribution in [2.45, 2.75) is 46.7 Å². The van der Waals surface area contributed by atoms with Gasteiger partial charge >= 0.3 is 0 Å².